The van der Waals surface area contributed by atoms with Crippen LogP contribution >= 0.6 is 58.0 Å². The molecule has 1 aromatic heterocycles. The first kappa shape index (κ1) is 25.7. The predicted octanol–water partition coefficient (Wildman–Crippen LogP) is 6.90. The molecule has 0 saturated heterocycles. The van der Waals surface area contributed by atoms with Crippen LogP contribution in [0.25, 0.3) is 0 Å². The number of rotatable bonds is 7. The summed E-state index contributed by atoms with van der Waals surface area (Å²) >= 11 is 31.1. The van der Waals surface area contributed by atoms with Gasteiger partial charge in [0.05, 0.1) is 15.9 Å². The molecule has 12 heteroatoms. The average molecular weight is 574 g/mol. The highest BCUT2D eigenvalue weighted by Gasteiger charge is 2.67. The normalized spacial score (nSPS) is 18.1. The number of aromatic nitrogens is 1. The van der Waals surface area contributed by atoms with E-state index in [2.05, 4.69) is 10.3 Å². The second kappa shape index (κ2) is 9.91. The van der Waals surface area contributed by atoms with Crippen molar-refractivity contribution in [3.8, 4) is 0 Å². The van der Waals surface area contributed by atoms with E-state index in [4.69, 9.17) is 58.0 Å². The third kappa shape index (κ3) is 5.55. The molecule has 1 aliphatic rings. The monoisotopic (exact) mass is 571 g/mol. The number of benzene rings is 2. The van der Waals surface area contributed by atoms with E-state index in [9.17, 15) is 19.7 Å². The molecule has 1 aliphatic carbocycles. The molecular weight excluding hydrogens is 560 g/mol. The summed E-state index contributed by atoms with van der Waals surface area (Å²) in [6.45, 7) is 0. The van der Waals surface area contributed by atoms with E-state index in [1.165, 1.54) is 30.5 Å². The molecule has 35 heavy (non-hydrogen) atoms. The van der Waals surface area contributed by atoms with Crippen LogP contribution in [0.4, 0.5) is 11.4 Å². The minimum Gasteiger partial charge on any atom is -0.326 e. The molecule has 1 fully saturated rings. The quantitative estimate of drug-likeness (QED) is 0.143. The predicted molar refractivity (Wildman–Crippen MR) is 136 cm³/mol. The molecule has 0 bridgehead atoms. The highest BCUT2D eigenvalue weighted by molar-refractivity contribution is 6.53. The van der Waals surface area contributed by atoms with Gasteiger partial charge in [-0.2, -0.15) is 0 Å². The minimum atomic E-state index is -1.36. The van der Waals surface area contributed by atoms with Gasteiger partial charge in [-0.05, 0) is 47.5 Å². The molecule has 2 atom stereocenters. The summed E-state index contributed by atoms with van der Waals surface area (Å²) in [5.41, 5.74) is 1.19. The first-order valence-corrected chi connectivity index (χ1v) is 11.9. The zero-order valence-corrected chi connectivity index (χ0v) is 21.3. The lowest BCUT2D eigenvalue weighted by atomic mass is 10.0. The second-order valence-electron chi connectivity index (χ2n) is 7.92. The molecule has 0 aliphatic heterocycles. The van der Waals surface area contributed by atoms with Crippen LogP contribution < -0.4 is 5.32 Å². The Morgan fingerprint density at radius 2 is 1.71 bits per heavy atom. The summed E-state index contributed by atoms with van der Waals surface area (Å²) in [4.78, 5) is 40.0. The van der Waals surface area contributed by atoms with Crippen LogP contribution in [0.1, 0.15) is 27.4 Å². The molecule has 1 heterocycles. The summed E-state index contributed by atoms with van der Waals surface area (Å²) < 4.78 is -1.36. The highest BCUT2D eigenvalue weighted by atomic mass is 35.5. The van der Waals surface area contributed by atoms with Gasteiger partial charge >= 0.3 is 0 Å². The SMILES string of the molecule is O=C(Cc1cncc([N+](=O)[O-])c1)c1cc(NC(=O)[C@H]2[C@H](c3cc(Cl)cc(Cl)c3)C2(Cl)Cl)ccc1Cl. The molecule has 180 valence electrons. The lowest BCUT2D eigenvalue weighted by Crippen LogP contribution is -2.17. The van der Waals surface area contributed by atoms with Gasteiger partial charge in [0.2, 0.25) is 5.91 Å². The van der Waals surface area contributed by atoms with Crippen LogP contribution in [-0.4, -0.2) is 25.9 Å². The number of hydrogen-bond donors (Lipinski definition) is 1. The van der Waals surface area contributed by atoms with Crippen LogP contribution in [-0.2, 0) is 11.2 Å². The van der Waals surface area contributed by atoms with E-state index in [1.807, 2.05) is 0 Å². The van der Waals surface area contributed by atoms with Gasteiger partial charge in [0.15, 0.2) is 5.78 Å². The Balaban J connectivity index is 1.51. The van der Waals surface area contributed by atoms with E-state index in [1.54, 1.807) is 18.2 Å². The van der Waals surface area contributed by atoms with Gasteiger partial charge in [-0.15, -0.1) is 23.2 Å². The molecule has 1 amide bonds. The fraction of sp³-hybridized carbons (Fsp3) is 0.174. The number of carbonyl (C=O) groups is 2. The minimum absolute atomic E-state index is 0.132. The number of amides is 1. The third-order valence-electron chi connectivity index (χ3n) is 5.47. The number of nitrogens with one attached hydrogen (secondary N) is 1. The second-order valence-corrected chi connectivity index (χ2v) is 10.6. The number of halogens is 5. The lowest BCUT2D eigenvalue weighted by molar-refractivity contribution is -0.385. The van der Waals surface area contributed by atoms with E-state index in [0.29, 0.717) is 26.9 Å². The summed E-state index contributed by atoms with van der Waals surface area (Å²) in [5.74, 6) is -2.18. The first-order valence-electron chi connectivity index (χ1n) is 10.0. The number of carbonyl (C=O) groups excluding carboxylic acids is 2. The Bertz CT molecular complexity index is 1340. The lowest BCUT2D eigenvalue weighted by Gasteiger charge is -2.09. The molecule has 7 nitrogen and oxygen atoms in total. The van der Waals surface area contributed by atoms with E-state index >= 15 is 0 Å². The number of anilines is 1. The molecule has 0 radical (unpaired) electrons. The Kier molecular flexibility index (Phi) is 7.27. The topological polar surface area (TPSA) is 102 Å². The van der Waals surface area contributed by atoms with Crippen molar-refractivity contribution in [1.82, 2.24) is 4.98 Å². The van der Waals surface area contributed by atoms with Crippen molar-refractivity contribution in [2.24, 2.45) is 5.92 Å². The Labute approximate surface area is 224 Å². The van der Waals surface area contributed by atoms with Crippen LogP contribution in [0, 0.1) is 16.0 Å². The summed E-state index contributed by atoms with van der Waals surface area (Å²) in [7, 11) is 0. The number of alkyl halides is 2. The number of hydrogen-bond acceptors (Lipinski definition) is 5. The van der Waals surface area contributed by atoms with Crippen molar-refractivity contribution in [1.29, 1.82) is 0 Å². The van der Waals surface area contributed by atoms with Crippen LogP contribution in [0.5, 0.6) is 0 Å². The van der Waals surface area contributed by atoms with Crippen LogP contribution in [0.2, 0.25) is 15.1 Å². The summed E-state index contributed by atoms with van der Waals surface area (Å²) in [5, 5.41) is 14.6. The van der Waals surface area contributed by atoms with E-state index in [-0.39, 0.29) is 22.7 Å². The number of pyridine rings is 1. The zero-order valence-electron chi connectivity index (χ0n) is 17.5. The Morgan fingerprint density at radius 3 is 2.37 bits per heavy atom. The van der Waals surface area contributed by atoms with Crippen LogP contribution in [0.3, 0.4) is 0 Å². The van der Waals surface area contributed by atoms with Gasteiger partial charge < -0.3 is 5.32 Å². The number of ketones is 1. The molecular formula is C23H14Cl5N3O4. The maximum atomic E-state index is 13.0. The van der Waals surface area contributed by atoms with E-state index in [0.717, 1.165) is 6.20 Å². The fourth-order valence-corrected chi connectivity index (χ4v) is 5.40. The maximum Gasteiger partial charge on any atom is 0.287 e. The number of nitro groups is 1. The molecule has 1 saturated carbocycles. The Morgan fingerprint density at radius 1 is 1.03 bits per heavy atom. The highest BCUT2D eigenvalue weighted by Crippen LogP contribution is 2.65. The van der Waals surface area contributed by atoms with Crippen molar-refractivity contribution in [3.05, 3.63) is 96.7 Å². The van der Waals surface area contributed by atoms with E-state index < -0.39 is 32.8 Å². The molecule has 2 aromatic carbocycles. The van der Waals surface area contributed by atoms with Gasteiger partial charge in [0.25, 0.3) is 5.69 Å². The van der Waals surface area contributed by atoms with Crippen molar-refractivity contribution in [3.63, 3.8) is 0 Å². The molecule has 0 unspecified atom stereocenters. The number of nitrogens with zero attached hydrogens (tertiary/aromatic N) is 2. The van der Waals surface area contributed by atoms with Crippen LogP contribution in [0.15, 0.2) is 54.9 Å². The van der Waals surface area contributed by atoms with Crippen molar-refractivity contribution < 1.29 is 14.5 Å². The third-order valence-corrected chi connectivity index (χ3v) is 7.18. The van der Waals surface area contributed by atoms with Crippen molar-refractivity contribution >= 4 is 81.1 Å². The van der Waals surface area contributed by atoms with Gasteiger partial charge in [0, 0.05) is 45.9 Å². The van der Waals surface area contributed by atoms with Gasteiger partial charge in [-0.1, -0.05) is 34.8 Å². The van der Waals surface area contributed by atoms with Gasteiger partial charge in [0.1, 0.15) is 10.5 Å². The zero-order chi connectivity index (χ0) is 25.5. The van der Waals surface area contributed by atoms with Gasteiger partial charge in [-0.3, -0.25) is 24.7 Å². The smallest absolute Gasteiger partial charge is 0.287 e. The summed E-state index contributed by atoms with van der Waals surface area (Å²) in [6, 6.07) is 10.5. The largest absolute Gasteiger partial charge is 0.326 e. The maximum absolute atomic E-state index is 13.0. The molecule has 0 spiro atoms. The Hall–Kier alpha value is -2.42. The first-order chi connectivity index (χ1) is 16.5. The summed E-state index contributed by atoms with van der Waals surface area (Å²) in [6.07, 6.45) is 2.28. The van der Waals surface area contributed by atoms with Gasteiger partial charge in [-0.25, -0.2) is 0 Å². The van der Waals surface area contributed by atoms with Crippen molar-refractivity contribution in [2.45, 2.75) is 16.7 Å². The number of Topliss-reactive ketones (excluding diaryl/α,β-unsaturated/α-hetero) is 1. The standard InChI is InChI=1S/C23H14Cl5N3O4/c24-13-5-12(6-14(25)7-13)20-21(23(20,27)28)22(33)30-15-1-2-18(26)17(8-15)19(32)4-11-3-16(31(34)35)10-29-9-11/h1-3,5-10,20-21H,4H2,(H,30,33)/t20-,21+/m0/s1. The molecule has 3 aromatic rings. The molecule has 1 N–H and O–H groups in total. The molecule has 4 rings (SSSR count). The fourth-order valence-electron chi connectivity index (χ4n) is 3.81. The average Bonchev–Trinajstić information content (AvgIpc) is 3.36. The van der Waals surface area contributed by atoms with Crippen molar-refractivity contribution in [2.75, 3.05) is 5.32 Å².